The van der Waals surface area contributed by atoms with E-state index in [0.717, 1.165) is 30.5 Å². The fraction of sp³-hybridized carbons (Fsp3) is 0.320. The number of rotatable bonds is 5. The highest BCUT2D eigenvalue weighted by molar-refractivity contribution is 5.86. The van der Waals surface area contributed by atoms with Gasteiger partial charge in [0.15, 0.2) is 11.5 Å². The molecule has 170 valence electrons. The number of nitrogens with zero attached hydrogens (tertiary/aromatic N) is 2. The Morgan fingerprint density at radius 3 is 2.73 bits per heavy atom. The number of nitrogens with one attached hydrogen (secondary N) is 2. The molecule has 1 atom stereocenters. The van der Waals surface area contributed by atoms with Gasteiger partial charge in [-0.25, -0.2) is 4.98 Å². The Morgan fingerprint density at radius 1 is 1.18 bits per heavy atom. The highest BCUT2D eigenvalue weighted by Crippen LogP contribution is 2.34. The van der Waals surface area contributed by atoms with Crippen LogP contribution in [0.25, 0.3) is 21.8 Å². The lowest BCUT2D eigenvalue weighted by Crippen LogP contribution is -2.37. The minimum Gasteiger partial charge on any atom is -0.493 e. The SMILES string of the molecule is COc1cc2nc(C)n(CC(=O)N[C@H]3CCCc4c3[nH]c3ccccc43)c(=O)c2cc1OC. The molecular weight excluding hydrogens is 420 g/mol. The first-order valence-corrected chi connectivity index (χ1v) is 11.0. The minimum absolute atomic E-state index is 0.103. The molecule has 8 nitrogen and oxygen atoms in total. The van der Waals surface area contributed by atoms with E-state index in [0.29, 0.717) is 28.2 Å². The predicted molar refractivity (Wildman–Crippen MR) is 126 cm³/mol. The zero-order valence-corrected chi connectivity index (χ0v) is 18.9. The highest BCUT2D eigenvalue weighted by atomic mass is 16.5. The first-order valence-electron chi connectivity index (χ1n) is 11.0. The lowest BCUT2D eigenvalue weighted by Gasteiger charge is -2.24. The van der Waals surface area contributed by atoms with Gasteiger partial charge in [-0.2, -0.15) is 0 Å². The number of hydrogen-bond acceptors (Lipinski definition) is 5. The maximum Gasteiger partial charge on any atom is 0.262 e. The number of para-hydroxylation sites is 1. The Labute approximate surface area is 190 Å². The van der Waals surface area contributed by atoms with Gasteiger partial charge in [-0.3, -0.25) is 14.2 Å². The highest BCUT2D eigenvalue weighted by Gasteiger charge is 2.26. The van der Waals surface area contributed by atoms with E-state index in [1.807, 2.05) is 12.1 Å². The minimum atomic E-state index is -0.288. The van der Waals surface area contributed by atoms with Crippen LogP contribution >= 0.6 is 0 Å². The van der Waals surface area contributed by atoms with Crippen LogP contribution in [0.5, 0.6) is 11.5 Å². The Morgan fingerprint density at radius 2 is 1.94 bits per heavy atom. The standard InChI is InChI=1S/C25H26N4O4/c1-14-26-20-12-22(33-3)21(32-2)11-17(20)25(31)29(14)13-23(30)27-19-10-6-8-16-15-7-4-5-9-18(15)28-24(16)19/h4-5,7,9,11-12,19,28H,6,8,10,13H2,1-3H3,(H,27,30)/t19-/m0/s1. The number of amides is 1. The molecule has 5 rings (SSSR count). The molecule has 0 aliphatic heterocycles. The third-order valence-electron chi connectivity index (χ3n) is 6.40. The molecular formula is C25H26N4O4. The molecule has 2 heterocycles. The zero-order chi connectivity index (χ0) is 23.1. The number of aryl methyl sites for hydroxylation is 2. The maximum atomic E-state index is 13.2. The van der Waals surface area contributed by atoms with Crippen LogP contribution in [-0.4, -0.2) is 34.7 Å². The number of carbonyl (C=O) groups is 1. The van der Waals surface area contributed by atoms with Crippen molar-refractivity contribution in [3.05, 3.63) is 63.8 Å². The number of aromatic nitrogens is 3. The second-order valence-electron chi connectivity index (χ2n) is 8.35. The second-order valence-corrected chi connectivity index (χ2v) is 8.35. The van der Waals surface area contributed by atoms with Gasteiger partial charge in [-0.15, -0.1) is 0 Å². The van der Waals surface area contributed by atoms with E-state index >= 15 is 0 Å². The molecule has 2 aromatic carbocycles. The van der Waals surface area contributed by atoms with Gasteiger partial charge in [0.1, 0.15) is 12.4 Å². The van der Waals surface area contributed by atoms with Crippen LogP contribution in [0.4, 0.5) is 0 Å². The van der Waals surface area contributed by atoms with Crippen molar-refractivity contribution in [2.24, 2.45) is 0 Å². The van der Waals surface area contributed by atoms with Crippen molar-refractivity contribution in [2.45, 2.75) is 38.8 Å². The van der Waals surface area contributed by atoms with E-state index in [-0.39, 0.29) is 24.1 Å². The van der Waals surface area contributed by atoms with Crippen LogP contribution in [0.15, 0.2) is 41.2 Å². The molecule has 1 aliphatic carbocycles. The zero-order valence-electron chi connectivity index (χ0n) is 18.9. The van der Waals surface area contributed by atoms with E-state index in [2.05, 4.69) is 27.4 Å². The van der Waals surface area contributed by atoms with E-state index in [4.69, 9.17) is 9.47 Å². The molecule has 0 unspecified atom stereocenters. The summed E-state index contributed by atoms with van der Waals surface area (Å²) in [5.74, 6) is 1.18. The molecule has 1 aliphatic rings. The second kappa shape index (κ2) is 8.27. The molecule has 1 amide bonds. The normalized spacial score (nSPS) is 15.4. The van der Waals surface area contributed by atoms with Crippen molar-refractivity contribution in [1.82, 2.24) is 19.9 Å². The molecule has 2 aromatic heterocycles. The number of ether oxygens (including phenoxy) is 2. The number of hydrogen-bond donors (Lipinski definition) is 2. The van der Waals surface area contributed by atoms with Gasteiger partial charge in [0.2, 0.25) is 5.91 Å². The summed E-state index contributed by atoms with van der Waals surface area (Å²) in [6, 6.07) is 11.4. The lowest BCUT2D eigenvalue weighted by molar-refractivity contribution is -0.122. The van der Waals surface area contributed by atoms with Crippen LogP contribution in [0.2, 0.25) is 0 Å². The van der Waals surface area contributed by atoms with E-state index in [1.165, 1.54) is 29.7 Å². The van der Waals surface area contributed by atoms with Crippen LogP contribution in [0, 0.1) is 6.92 Å². The third kappa shape index (κ3) is 3.61. The Kier molecular flexibility index (Phi) is 5.28. The van der Waals surface area contributed by atoms with Crippen molar-refractivity contribution < 1.29 is 14.3 Å². The summed E-state index contributed by atoms with van der Waals surface area (Å²) in [5.41, 5.74) is 3.63. The van der Waals surface area contributed by atoms with Gasteiger partial charge in [-0.05, 0) is 43.9 Å². The third-order valence-corrected chi connectivity index (χ3v) is 6.40. The van der Waals surface area contributed by atoms with Crippen molar-refractivity contribution in [3.8, 4) is 11.5 Å². The molecule has 4 aromatic rings. The maximum absolute atomic E-state index is 13.2. The summed E-state index contributed by atoms with van der Waals surface area (Å²) in [6.07, 6.45) is 2.84. The number of aromatic amines is 1. The van der Waals surface area contributed by atoms with E-state index in [1.54, 1.807) is 19.1 Å². The molecule has 0 spiro atoms. The number of H-pyrrole nitrogens is 1. The topological polar surface area (TPSA) is 98.2 Å². The Hall–Kier alpha value is -3.81. The summed E-state index contributed by atoms with van der Waals surface area (Å²) in [4.78, 5) is 34.2. The number of fused-ring (bicyclic) bond motifs is 4. The van der Waals surface area contributed by atoms with Gasteiger partial charge in [0, 0.05) is 22.7 Å². The number of methoxy groups -OCH3 is 2. The number of carbonyl (C=O) groups excluding carboxylic acids is 1. The van der Waals surface area contributed by atoms with Crippen LogP contribution < -0.4 is 20.3 Å². The first-order chi connectivity index (χ1) is 16.0. The first kappa shape index (κ1) is 21.1. The molecule has 2 N–H and O–H groups in total. The van der Waals surface area contributed by atoms with Crippen molar-refractivity contribution in [2.75, 3.05) is 14.2 Å². The monoisotopic (exact) mass is 446 g/mol. The van der Waals surface area contributed by atoms with Gasteiger partial charge in [0.25, 0.3) is 5.56 Å². The Bertz CT molecular complexity index is 1440. The molecule has 8 heteroatoms. The van der Waals surface area contributed by atoms with Crippen molar-refractivity contribution in [3.63, 3.8) is 0 Å². The van der Waals surface area contributed by atoms with Crippen LogP contribution in [-0.2, 0) is 17.8 Å². The number of benzene rings is 2. The van der Waals surface area contributed by atoms with Gasteiger partial charge < -0.3 is 19.8 Å². The Balaban J connectivity index is 1.44. The molecule has 0 saturated carbocycles. The summed E-state index contributed by atoms with van der Waals surface area (Å²) < 4.78 is 12.0. The van der Waals surface area contributed by atoms with E-state index in [9.17, 15) is 9.59 Å². The molecule has 0 bridgehead atoms. The van der Waals surface area contributed by atoms with Crippen LogP contribution in [0.3, 0.4) is 0 Å². The van der Waals surface area contributed by atoms with Crippen molar-refractivity contribution >= 4 is 27.7 Å². The van der Waals surface area contributed by atoms with Gasteiger partial charge in [0.05, 0.1) is 31.2 Å². The summed E-state index contributed by atoms with van der Waals surface area (Å²) in [7, 11) is 3.05. The largest absolute Gasteiger partial charge is 0.493 e. The lowest BCUT2D eigenvalue weighted by atomic mass is 9.91. The van der Waals surface area contributed by atoms with Crippen molar-refractivity contribution in [1.29, 1.82) is 0 Å². The average Bonchev–Trinajstić information content (AvgIpc) is 3.21. The molecule has 0 radical (unpaired) electrons. The fourth-order valence-corrected chi connectivity index (χ4v) is 4.79. The van der Waals surface area contributed by atoms with E-state index < -0.39 is 0 Å². The smallest absolute Gasteiger partial charge is 0.262 e. The summed E-state index contributed by atoms with van der Waals surface area (Å²) >= 11 is 0. The quantitative estimate of drug-likeness (QED) is 0.490. The fourth-order valence-electron chi connectivity index (χ4n) is 4.79. The summed E-state index contributed by atoms with van der Waals surface area (Å²) in [6.45, 7) is 1.62. The predicted octanol–water partition coefficient (Wildman–Crippen LogP) is 3.40. The van der Waals surface area contributed by atoms with Crippen LogP contribution in [0.1, 0.15) is 36.0 Å². The average molecular weight is 447 g/mol. The van der Waals surface area contributed by atoms with Gasteiger partial charge in [-0.1, -0.05) is 18.2 Å². The molecule has 0 saturated heterocycles. The van der Waals surface area contributed by atoms with Gasteiger partial charge >= 0.3 is 0 Å². The summed E-state index contributed by atoms with van der Waals surface area (Å²) in [5, 5.41) is 4.71. The molecule has 33 heavy (non-hydrogen) atoms. The molecule has 0 fully saturated rings.